The third-order valence-electron chi connectivity index (χ3n) is 4.24. The van der Waals surface area contributed by atoms with Gasteiger partial charge in [0.1, 0.15) is 5.84 Å². The van der Waals surface area contributed by atoms with Crippen LogP contribution in [0.3, 0.4) is 0 Å². The van der Waals surface area contributed by atoms with Gasteiger partial charge in [-0.25, -0.2) is 4.99 Å². The SMILES string of the molecule is c1ccc(N=C2CCCN2Cc2c[nH]c3ccccc23)cc1. The van der Waals surface area contributed by atoms with E-state index in [0.717, 1.165) is 25.2 Å². The maximum absolute atomic E-state index is 4.83. The van der Waals surface area contributed by atoms with Crippen LogP contribution >= 0.6 is 0 Å². The zero-order chi connectivity index (χ0) is 14.8. The molecular formula is C19H19N3. The number of fused-ring (bicyclic) bond motifs is 1. The average molecular weight is 289 g/mol. The second-order valence-corrected chi connectivity index (χ2v) is 5.75. The van der Waals surface area contributed by atoms with Crippen molar-refractivity contribution < 1.29 is 0 Å². The number of aromatic amines is 1. The summed E-state index contributed by atoms with van der Waals surface area (Å²) in [5.74, 6) is 1.21. The predicted octanol–water partition coefficient (Wildman–Crippen LogP) is 4.49. The molecule has 0 saturated carbocycles. The highest BCUT2D eigenvalue weighted by atomic mass is 15.2. The van der Waals surface area contributed by atoms with Gasteiger partial charge >= 0.3 is 0 Å². The van der Waals surface area contributed by atoms with Gasteiger partial charge in [0.05, 0.1) is 5.69 Å². The van der Waals surface area contributed by atoms with Gasteiger partial charge in [-0.1, -0.05) is 36.4 Å². The summed E-state index contributed by atoms with van der Waals surface area (Å²) in [7, 11) is 0. The second-order valence-electron chi connectivity index (χ2n) is 5.75. The van der Waals surface area contributed by atoms with Gasteiger partial charge in [-0.3, -0.25) is 0 Å². The Hall–Kier alpha value is -2.55. The molecule has 0 aliphatic carbocycles. The molecule has 110 valence electrons. The molecule has 1 fully saturated rings. The lowest BCUT2D eigenvalue weighted by molar-refractivity contribution is 0.450. The van der Waals surface area contributed by atoms with Gasteiger partial charge < -0.3 is 9.88 Å². The molecule has 3 nitrogen and oxygen atoms in total. The standard InChI is InChI=1S/C19H19N3/c1-2-7-16(8-3-1)21-19-11-6-12-22(19)14-15-13-20-18-10-5-4-9-17(15)18/h1-5,7-10,13,20H,6,11-12,14H2. The van der Waals surface area contributed by atoms with Crippen LogP contribution in [0.1, 0.15) is 18.4 Å². The summed E-state index contributed by atoms with van der Waals surface area (Å²) >= 11 is 0. The number of H-pyrrole nitrogens is 1. The van der Waals surface area contributed by atoms with Gasteiger partial charge in [-0.05, 0) is 30.2 Å². The highest BCUT2D eigenvalue weighted by Crippen LogP contribution is 2.24. The second kappa shape index (κ2) is 5.68. The first kappa shape index (κ1) is 13.1. The van der Waals surface area contributed by atoms with E-state index in [9.17, 15) is 0 Å². The van der Waals surface area contributed by atoms with Crippen LogP contribution in [-0.2, 0) is 6.54 Å². The van der Waals surface area contributed by atoms with Crippen molar-refractivity contribution in [1.29, 1.82) is 0 Å². The first-order chi connectivity index (χ1) is 10.9. The van der Waals surface area contributed by atoms with E-state index in [1.807, 2.05) is 18.2 Å². The number of rotatable bonds is 3. The van der Waals surface area contributed by atoms with Crippen molar-refractivity contribution in [3.05, 3.63) is 66.4 Å². The predicted molar refractivity (Wildman–Crippen MR) is 91.5 cm³/mol. The van der Waals surface area contributed by atoms with Crippen LogP contribution in [-0.4, -0.2) is 22.3 Å². The van der Waals surface area contributed by atoms with E-state index < -0.39 is 0 Å². The van der Waals surface area contributed by atoms with E-state index in [-0.39, 0.29) is 0 Å². The summed E-state index contributed by atoms with van der Waals surface area (Å²) in [6.45, 7) is 2.01. The highest BCUT2D eigenvalue weighted by molar-refractivity contribution is 5.88. The number of likely N-dealkylation sites (tertiary alicyclic amines) is 1. The maximum Gasteiger partial charge on any atom is 0.105 e. The van der Waals surface area contributed by atoms with Crippen molar-refractivity contribution in [3.8, 4) is 0 Å². The third kappa shape index (κ3) is 2.50. The van der Waals surface area contributed by atoms with E-state index in [2.05, 4.69) is 52.5 Å². The van der Waals surface area contributed by atoms with E-state index >= 15 is 0 Å². The molecule has 0 radical (unpaired) electrons. The molecule has 1 aromatic heterocycles. The number of nitrogens with zero attached hydrogens (tertiary/aromatic N) is 2. The molecule has 3 heteroatoms. The molecule has 1 aliphatic heterocycles. The first-order valence-corrected chi connectivity index (χ1v) is 7.83. The van der Waals surface area contributed by atoms with Crippen LogP contribution in [0.5, 0.6) is 0 Å². The molecule has 1 N–H and O–H groups in total. The van der Waals surface area contributed by atoms with E-state index in [4.69, 9.17) is 4.99 Å². The molecule has 0 unspecified atom stereocenters. The zero-order valence-corrected chi connectivity index (χ0v) is 12.5. The molecule has 3 aromatic rings. The minimum Gasteiger partial charge on any atom is -0.361 e. The Morgan fingerprint density at radius 3 is 2.73 bits per heavy atom. The summed E-state index contributed by atoms with van der Waals surface area (Å²) < 4.78 is 0. The van der Waals surface area contributed by atoms with Crippen LogP contribution in [0.15, 0.2) is 65.8 Å². The molecule has 4 rings (SSSR count). The number of aromatic nitrogens is 1. The fourth-order valence-electron chi connectivity index (χ4n) is 3.13. The molecule has 0 amide bonds. The van der Waals surface area contributed by atoms with Crippen molar-refractivity contribution in [3.63, 3.8) is 0 Å². The summed E-state index contributed by atoms with van der Waals surface area (Å²) in [6, 6.07) is 18.7. The van der Waals surface area contributed by atoms with Crippen molar-refractivity contribution >= 4 is 22.4 Å². The van der Waals surface area contributed by atoms with Crippen molar-refractivity contribution in [1.82, 2.24) is 9.88 Å². The molecule has 22 heavy (non-hydrogen) atoms. The summed E-state index contributed by atoms with van der Waals surface area (Å²) in [5.41, 5.74) is 3.60. The van der Waals surface area contributed by atoms with Crippen LogP contribution in [0.25, 0.3) is 10.9 Å². The number of benzene rings is 2. The molecule has 1 saturated heterocycles. The van der Waals surface area contributed by atoms with Gasteiger partial charge in [0, 0.05) is 36.6 Å². The minimum absolute atomic E-state index is 0.926. The van der Waals surface area contributed by atoms with Gasteiger partial charge in [0.15, 0.2) is 0 Å². The summed E-state index contributed by atoms with van der Waals surface area (Å²) in [6.07, 6.45) is 4.38. The topological polar surface area (TPSA) is 31.4 Å². The summed E-state index contributed by atoms with van der Waals surface area (Å²) in [5, 5.41) is 1.31. The largest absolute Gasteiger partial charge is 0.361 e. The lowest BCUT2D eigenvalue weighted by Gasteiger charge is -2.18. The van der Waals surface area contributed by atoms with Gasteiger partial charge in [-0.2, -0.15) is 0 Å². The molecular weight excluding hydrogens is 270 g/mol. The number of nitrogens with one attached hydrogen (secondary N) is 1. The van der Waals surface area contributed by atoms with Crippen LogP contribution in [0.2, 0.25) is 0 Å². The smallest absolute Gasteiger partial charge is 0.105 e. The molecule has 0 spiro atoms. The van der Waals surface area contributed by atoms with E-state index in [1.54, 1.807) is 0 Å². The Labute approximate surface area is 130 Å². The quantitative estimate of drug-likeness (QED) is 0.756. The Bertz CT molecular complexity index is 802. The number of para-hydroxylation sites is 2. The fraction of sp³-hybridized carbons (Fsp3) is 0.211. The van der Waals surface area contributed by atoms with Crippen molar-refractivity contribution in [2.45, 2.75) is 19.4 Å². The van der Waals surface area contributed by atoms with Crippen molar-refractivity contribution in [2.75, 3.05) is 6.54 Å². The summed E-state index contributed by atoms with van der Waals surface area (Å²) in [4.78, 5) is 10.6. The molecule has 1 aliphatic rings. The van der Waals surface area contributed by atoms with E-state index in [0.29, 0.717) is 0 Å². The fourth-order valence-corrected chi connectivity index (χ4v) is 3.13. The normalized spacial score (nSPS) is 16.7. The number of hydrogen-bond donors (Lipinski definition) is 1. The van der Waals surface area contributed by atoms with Gasteiger partial charge in [-0.15, -0.1) is 0 Å². The minimum atomic E-state index is 0.926. The third-order valence-corrected chi connectivity index (χ3v) is 4.24. The molecule has 0 bridgehead atoms. The Kier molecular flexibility index (Phi) is 3.39. The molecule has 0 atom stereocenters. The number of aliphatic imine (C=N–C) groups is 1. The van der Waals surface area contributed by atoms with E-state index in [1.165, 1.54) is 28.7 Å². The number of amidine groups is 1. The molecule has 2 aromatic carbocycles. The maximum atomic E-state index is 4.83. The van der Waals surface area contributed by atoms with Gasteiger partial charge in [0.2, 0.25) is 0 Å². The first-order valence-electron chi connectivity index (χ1n) is 7.83. The monoisotopic (exact) mass is 289 g/mol. The van der Waals surface area contributed by atoms with Gasteiger partial charge in [0.25, 0.3) is 0 Å². The Morgan fingerprint density at radius 2 is 1.82 bits per heavy atom. The Morgan fingerprint density at radius 1 is 1.00 bits per heavy atom. The lowest BCUT2D eigenvalue weighted by atomic mass is 10.1. The lowest BCUT2D eigenvalue weighted by Crippen LogP contribution is -2.23. The zero-order valence-electron chi connectivity index (χ0n) is 12.5. The average Bonchev–Trinajstić information content (AvgIpc) is 3.17. The number of hydrogen-bond acceptors (Lipinski definition) is 1. The van der Waals surface area contributed by atoms with Crippen LogP contribution in [0.4, 0.5) is 5.69 Å². The molecule has 2 heterocycles. The Balaban J connectivity index is 1.61. The van der Waals surface area contributed by atoms with Crippen LogP contribution in [0, 0.1) is 0 Å². The van der Waals surface area contributed by atoms with Crippen LogP contribution < -0.4 is 0 Å². The van der Waals surface area contributed by atoms with Crippen molar-refractivity contribution in [2.24, 2.45) is 4.99 Å². The highest BCUT2D eigenvalue weighted by Gasteiger charge is 2.19.